The van der Waals surface area contributed by atoms with Gasteiger partial charge in [0, 0.05) is 0 Å². The van der Waals surface area contributed by atoms with Gasteiger partial charge in [-0.05, 0) is 178 Å². The van der Waals surface area contributed by atoms with Crippen molar-refractivity contribution in [1.82, 2.24) is 0 Å². The summed E-state index contributed by atoms with van der Waals surface area (Å²) in [5.74, 6) is 6.64. The fourth-order valence-electron chi connectivity index (χ4n) is 11.7. The standard InChI is InChI=1S/C54H56O6/c1-45(2)37-21-22-38(55-37)46(3,4)40-24-26-42(57-40)48(7,8)52-30-32-54(60-52,36-20-16-14-18-34(36)52)50(11,12)44-28-27-43(58-44)49(9,10)53-31-29-51(59-53,33-17-13-15-19-35(33)53)47(5,6)41-25-23-39(45)56-41/h13-32H,1-12H3. The second kappa shape index (κ2) is 11.1. The molecular formula is C54H56O6. The Bertz CT molecular complexity index is 2630. The van der Waals surface area contributed by atoms with Crippen molar-refractivity contribution < 1.29 is 27.1 Å². The molecule has 6 heteroatoms. The summed E-state index contributed by atoms with van der Waals surface area (Å²) >= 11 is 0. The number of hydrogen-bond acceptors (Lipinski definition) is 6. The molecule has 0 aliphatic carbocycles. The van der Waals surface area contributed by atoms with E-state index in [1.807, 2.05) is 0 Å². The normalized spacial score (nSPS) is 31.1. The Balaban J connectivity index is 1.13. The summed E-state index contributed by atoms with van der Waals surface area (Å²) in [6.45, 7) is 26.5. The van der Waals surface area contributed by atoms with E-state index in [9.17, 15) is 0 Å². The molecule has 6 nitrogen and oxygen atoms in total. The van der Waals surface area contributed by atoms with Crippen LogP contribution in [-0.2, 0) is 64.4 Å². The summed E-state index contributed by atoms with van der Waals surface area (Å²) in [7, 11) is 0. The summed E-state index contributed by atoms with van der Waals surface area (Å²) < 4.78 is 43.3. The zero-order chi connectivity index (χ0) is 42.3. The van der Waals surface area contributed by atoms with Crippen molar-refractivity contribution >= 4 is 0 Å². The van der Waals surface area contributed by atoms with Gasteiger partial charge in [-0.25, -0.2) is 0 Å². The van der Waals surface area contributed by atoms with Gasteiger partial charge in [-0.2, -0.15) is 0 Å². The highest BCUT2D eigenvalue weighted by Crippen LogP contribution is 2.69. The third-order valence-corrected chi connectivity index (χ3v) is 16.3. The van der Waals surface area contributed by atoms with Gasteiger partial charge in [-0.3, -0.25) is 0 Å². The first-order chi connectivity index (χ1) is 28.1. The maximum absolute atomic E-state index is 7.65. The smallest absolute Gasteiger partial charge is 0.125 e. The summed E-state index contributed by atoms with van der Waals surface area (Å²) in [6, 6.07) is 34.2. The van der Waals surface area contributed by atoms with Crippen LogP contribution in [0.1, 0.15) is 151 Å². The Kier molecular flexibility index (Phi) is 6.99. The van der Waals surface area contributed by atoms with Crippen molar-refractivity contribution in [3.05, 3.63) is 190 Å². The summed E-state index contributed by atoms with van der Waals surface area (Å²) in [4.78, 5) is 0. The molecule has 0 N–H and O–H groups in total. The number of furan rings is 4. The zero-order valence-corrected chi connectivity index (χ0v) is 37.0. The van der Waals surface area contributed by atoms with Crippen LogP contribution in [0, 0.1) is 0 Å². The average molecular weight is 801 g/mol. The lowest BCUT2D eigenvalue weighted by molar-refractivity contribution is -0.144. The molecule has 2 aromatic carbocycles. The topological polar surface area (TPSA) is 71.0 Å². The van der Waals surface area contributed by atoms with Crippen molar-refractivity contribution in [1.29, 1.82) is 0 Å². The van der Waals surface area contributed by atoms with Gasteiger partial charge < -0.3 is 27.1 Å². The number of fused-ring (bicyclic) bond motifs is 10. The second-order valence-corrected chi connectivity index (χ2v) is 21.3. The monoisotopic (exact) mass is 800 g/mol. The molecule has 0 saturated carbocycles. The van der Waals surface area contributed by atoms with Crippen LogP contribution in [0.15, 0.2) is 139 Å². The van der Waals surface area contributed by atoms with E-state index < -0.39 is 54.9 Å². The van der Waals surface area contributed by atoms with E-state index in [0.717, 1.165) is 68.3 Å². The quantitative estimate of drug-likeness (QED) is 0.143. The first-order valence-corrected chi connectivity index (χ1v) is 21.6. The molecule has 6 aromatic rings. The number of hydrogen-bond donors (Lipinski definition) is 0. The molecule has 308 valence electrons. The van der Waals surface area contributed by atoms with Crippen LogP contribution in [0.3, 0.4) is 0 Å². The lowest BCUT2D eigenvalue weighted by Crippen LogP contribution is -2.46. The lowest BCUT2D eigenvalue weighted by atomic mass is 9.63. The van der Waals surface area contributed by atoms with E-state index in [-0.39, 0.29) is 0 Å². The highest BCUT2D eigenvalue weighted by Gasteiger charge is 2.70. The predicted octanol–water partition coefficient (Wildman–Crippen LogP) is 12.9. The first-order valence-electron chi connectivity index (χ1n) is 21.6. The Morgan fingerprint density at radius 1 is 0.267 bits per heavy atom. The summed E-state index contributed by atoms with van der Waals surface area (Å²) in [5.41, 5.74) is -2.30. The predicted molar refractivity (Wildman–Crippen MR) is 231 cm³/mol. The van der Waals surface area contributed by atoms with Crippen molar-refractivity contribution in [3.8, 4) is 0 Å². The van der Waals surface area contributed by atoms with Gasteiger partial charge in [0.2, 0.25) is 0 Å². The highest BCUT2D eigenvalue weighted by molar-refractivity contribution is 5.60. The van der Waals surface area contributed by atoms with Crippen LogP contribution in [-0.4, -0.2) is 0 Å². The number of benzene rings is 2. The summed E-state index contributed by atoms with van der Waals surface area (Å²) in [5, 5.41) is 0. The second-order valence-electron chi connectivity index (χ2n) is 21.3. The van der Waals surface area contributed by atoms with Crippen LogP contribution in [0.5, 0.6) is 0 Å². The SMILES string of the molecule is CC1(C)c2ccc(o2)C(C)(C)c2ccc(o2)C(C)(C)C23C=CC(O2)(c2ccccc23)C(C)(C)c2ccc(o2)C(C)(C)C23C=CC(O2)(c2ccccc23)C(C)(C)c2ccc1o2. The van der Waals surface area contributed by atoms with E-state index >= 15 is 0 Å². The van der Waals surface area contributed by atoms with Crippen LogP contribution in [0.2, 0.25) is 0 Å². The van der Waals surface area contributed by atoms with Crippen molar-refractivity contribution in [2.24, 2.45) is 0 Å². The fraction of sp³-hybridized carbons (Fsp3) is 0.407. The molecule has 4 atom stereocenters. The Morgan fingerprint density at radius 3 is 0.717 bits per heavy atom. The molecule has 12 bridgehead atoms. The molecule has 60 heavy (non-hydrogen) atoms. The van der Waals surface area contributed by atoms with Gasteiger partial charge in [0.15, 0.2) is 0 Å². The largest absolute Gasteiger partial charge is 0.465 e. The van der Waals surface area contributed by atoms with Gasteiger partial charge in [0.1, 0.15) is 68.5 Å². The van der Waals surface area contributed by atoms with Gasteiger partial charge in [-0.15, -0.1) is 0 Å². The molecule has 0 saturated heterocycles. The zero-order valence-electron chi connectivity index (χ0n) is 37.0. The molecular weight excluding hydrogens is 745 g/mol. The van der Waals surface area contributed by atoms with Crippen molar-refractivity contribution in [3.63, 3.8) is 0 Å². The van der Waals surface area contributed by atoms with E-state index in [1.165, 1.54) is 0 Å². The number of ether oxygens (including phenoxy) is 2. The molecule has 4 aromatic heterocycles. The van der Waals surface area contributed by atoms with Crippen LogP contribution in [0.25, 0.3) is 0 Å². The average Bonchev–Trinajstić information content (AvgIpc) is 4.08. The highest BCUT2D eigenvalue weighted by atomic mass is 16.5. The van der Waals surface area contributed by atoms with E-state index in [2.05, 4.69) is 204 Å². The van der Waals surface area contributed by atoms with Gasteiger partial charge in [0.05, 0.1) is 32.5 Å². The first kappa shape index (κ1) is 37.9. The molecule has 9 heterocycles. The Morgan fingerprint density at radius 2 is 0.467 bits per heavy atom. The molecule has 4 unspecified atom stereocenters. The van der Waals surface area contributed by atoms with Gasteiger partial charge in [-0.1, -0.05) is 48.5 Å². The Hall–Kier alpha value is -5.04. The lowest BCUT2D eigenvalue weighted by Gasteiger charge is -2.43. The van der Waals surface area contributed by atoms with Gasteiger partial charge in [0.25, 0.3) is 0 Å². The van der Waals surface area contributed by atoms with Crippen LogP contribution < -0.4 is 0 Å². The van der Waals surface area contributed by atoms with Crippen LogP contribution in [0.4, 0.5) is 0 Å². The maximum Gasteiger partial charge on any atom is 0.125 e. The minimum absolute atomic E-state index is 0.575. The van der Waals surface area contributed by atoms with Crippen LogP contribution >= 0.6 is 0 Å². The van der Waals surface area contributed by atoms with Crippen molar-refractivity contribution in [2.75, 3.05) is 0 Å². The minimum atomic E-state index is -0.816. The maximum atomic E-state index is 7.65. The Labute approximate surface area is 353 Å². The summed E-state index contributed by atoms with van der Waals surface area (Å²) in [6.07, 6.45) is 9.09. The van der Waals surface area contributed by atoms with E-state index in [1.54, 1.807) is 0 Å². The van der Waals surface area contributed by atoms with E-state index in [0.29, 0.717) is 0 Å². The third kappa shape index (κ3) is 4.09. The molecule has 0 spiro atoms. The molecule has 0 radical (unpaired) electrons. The molecule has 5 aliphatic heterocycles. The minimum Gasteiger partial charge on any atom is -0.465 e. The fourth-order valence-corrected chi connectivity index (χ4v) is 11.7. The number of rotatable bonds is 0. The van der Waals surface area contributed by atoms with Crippen molar-refractivity contribution in [2.45, 2.75) is 138 Å². The molecule has 11 rings (SSSR count). The molecule has 5 aliphatic rings. The third-order valence-electron chi connectivity index (χ3n) is 16.3. The molecule has 0 fully saturated rings. The van der Waals surface area contributed by atoms with Gasteiger partial charge >= 0.3 is 0 Å². The molecule has 0 amide bonds. The van der Waals surface area contributed by atoms with E-state index in [4.69, 9.17) is 27.1 Å².